The summed E-state index contributed by atoms with van der Waals surface area (Å²) in [6, 6.07) is 7.36. The van der Waals surface area contributed by atoms with Gasteiger partial charge < -0.3 is 14.8 Å². The molecule has 0 atom stereocenters. The number of hydrogen-bond donors (Lipinski definition) is 2. The van der Waals surface area contributed by atoms with Crippen LogP contribution in [0.5, 0.6) is 0 Å². The van der Waals surface area contributed by atoms with Crippen molar-refractivity contribution in [1.29, 1.82) is 0 Å². The topological polar surface area (TPSA) is 70.9 Å². The molecule has 6 heteroatoms. The van der Waals surface area contributed by atoms with Gasteiger partial charge in [-0.05, 0) is 37.6 Å². The first kappa shape index (κ1) is 17.5. The number of benzene rings is 1. The van der Waals surface area contributed by atoms with E-state index in [0.717, 1.165) is 22.2 Å². The second-order valence-electron chi connectivity index (χ2n) is 7.80. The number of nitrogens with one attached hydrogen (secondary N) is 2. The van der Waals surface area contributed by atoms with E-state index in [1.165, 1.54) is 0 Å². The number of nitrogens with zero attached hydrogens (tertiary/aromatic N) is 1. The smallest absolute Gasteiger partial charge is 0.235 e. The molecule has 0 unspecified atom stereocenters. The van der Waals surface area contributed by atoms with Crippen LogP contribution in [0, 0.1) is 0 Å². The zero-order valence-corrected chi connectivity index (χ0v) is 15.8. The zero-order chi connectivity index (χ0) is 18.4. The Morgan fingerprint density at radius 3 is 2.56 bits per heavy atom. The zero-order valence-electron chi connectivity index (χ0n) is 15.0. The highest BCUT2D eigenvalue weighted by atomic mass is 35.5. The van der Waals surface area contributed by atoms with Crippen LogP contribution in [0.4, 0.5) is 5.82 Å². The Morgan fingerprint density at radius 1 is 1.20 bits per heavy atom. The van der Waals surface area contributed by atoms with Crippen LogP contribution in [-0.4, -0.2) is 16.0 Å². The Morgan fingerprint density at radius 2 is 1.92 bits per heavy atom. The van der Waals surface area contributed by atoms with Crippen molar-refractivity contribution in [1.82, 2.24) is 10.1 Å². The normalized spacial score (nSPS) is 12.6. The number of anilines is 1. The summed E-state index contributed by atoms with van der Waals surface area (Å²) in [6.45, 7) is 9.82. The third-order valence-electron chi connectivity index (χ3n) is 4.38. The second-order valence-corrected chi connectivity index (χ2v) is 8.23. The largest absolute Gasteiger partial charge is 0.361 e. The van der Waals surface area contributed by atoms with Crippen LogP contribution in [0.3, 0.4) is 0 Å². The highest BCUT2D eigenvalue weighted by molar-refractivity contribution is 6.31. The van der Waals surface area contributed by atoms with Gasteiger partial charge in [0.05, 0.1) is 5.41 Å². The maximum absolute atomic E-state index is 12.9. The van der Waals surface area contributed by atoms with Crippen molar-refractivity contribution in [2.45, 2.75) is 45.4 Å². The fraction of sp³-hybridized carbons (Fsp3) is 0.368. The molecular weight excluding hydrogens is 338 g/mol. The summed E-state index contributed by atoms with van der Waals surface area (Å²) in [5.74, 6) is 0.975. The lowest BCUT2D eigenvalue weighted by atomic mass is 9.83. The van der Waals surface area contributed by atoms with E-state index in [1.807, 2.05) is 59.0 Å². The van der Waals surface area contributed by atoms with Crippen molar-refractivity contribution in [2.24, 2.45) is 0 Å². The standard InChI is InChI=1S/C19H22ClN3O2/c1-18(2,3)15-9-16(23-25-15)22-17(24)19(4,5)13-10-21-14-7-6-11(20)8-12(13)14/h6-10,21H,1-5H3,(H,22,23,24). The molecule has 0 saturated heterocycles. The van der Waals surface area contributed by atoms with Crippen molar-refractivity contribution in [3.8, 4) is 0 Å². The van der Waals surface area contributed by atoms with Crippen molar-refractivity contribution >= 4 is 34.2 Å². The predicted octanol–water partition coefficient (Wildman–Crippen LogP) is 5.02. The lowest BCUT2D eigenvalue weighted by molar-refractivity contribution is -0.120. The summed E-state index contributed by atoms with van der Waals surface area (Å²) in [6.07, 6.45) is 1.85. The molecule has 3 aromatic rings. The Hall–Kier alpha value is -2.27. The van der Waals surface area contributed by atoms with Crippen molar-refractivity contribution in [2.75, 3.05) is 5.32 Å². The number of rotatable bonds is 3. The summed E-state index contributed by atoms with van der Waals surface area (Å²) in [4.78, 5) is 16.1. The van der Waals surface area contributed by atoms with Gasteiger partial charge in [0.15, 0.2) is 5.82 Å². The maximum Gasteiger partial charge on any atom is 0.235 e. The van der Waals surface area contributed by atoms with Crippen LogP contribution < -0.4 is 5.32 Å². The van der Waals surface area contributed by atoms with Crippen molar-refractivity contribution < 1.29 is 9.32 Å². The number of aromatic nitrogens is 2. The van der Waals surface area contributed by atoms with Crippen LogP contribution in [0.25, 0.3) is 10.9 Å². The lowest BCUT2D eigenvalue weighted by Gasteiger charge is -2.22. The number of aromatic amines is 1. The summed E-state index contributed by atoms with van der Waals surface area (Å²) in [5, 5.41) is 8.38. The number of hydrogen-bond acceptors (Lipinski definition) is 3. The Kier molecular flexibility index (Phi) is 4.15. The number of H-pyrrole nitrogens is 1. The van der Waals surface area contributed by atoms with Crippen LogP contribution in [0.2, 0.25) is 5.02 Å². The molecule has 2 N–H and O–H groups in total. The average Bonchev–Trinajstić information content (AvgIpc) is 3.13. The van der Waals surface area contributed by atoms with E-state index in [1.54, 1.807) is 6.07 Å². The second kappa shape index (κ2) is 5.92. The number of fused-ring (bicyclic) bond motifs is 1. The molecule has 0 radical (unpaired) electrons. The van der Waals surface area contributed by atoms with E-state index in [2.05, 4.69) is 15.5 Å². The average molecular weight is 360 g/mol. The van der Waals surface area contributed by atoms with Crippen molar-refractivity contribution in [3.63, 3.8) is 0 Å². The third-order valence-corrected chi connectivity index (χ3v) is 4.61. The minimum atomic E-state index is -0.774. The molecule has 0 aliphatic rings. The van der Waals surface area contributed by atoms with Gasteiger partial charge in [-0.1, -0.05) is 37.5 Å². The van der Waals surface area contributed by atoms with E-state index < -0.39 is 5.41 Å². The highest BCUT2D eigenvalue weighted by Crippen LogP contribution is 2.33. The molecule has 132 valence electrons. The fourth-order valence-corrected chi connectivity index (χ4v) is 2.86. The highest BCUT2D eigenvalue weighted by Gasteiger charge is 2.33. The van der Waals surface area contributed by atoms with E-state index in [0.29, 0.717) is 10.8 Å². The van der Waals surface area contributed by atoms with Gasteiger partial charge in [-0.3, -0.25) is 4.79 Å². The van der Waals surface area contributed by atoms with Gasteiger partial charge in [-0.2, -0.15) is 0 Å². The molecule has 25 heavy (non-hydrogen) atoms. The van der Waals surface area contributed by atoms with E-state index in [-0.39, 0.29) is 11.3 Å². The van der Waals surface area contributed by atoms with E-state index in [4.69, 9.17) is 16.1 Å². The molecule has 0 spiro atoms. The van der Waals surface area contributed by atoms with Gasteiger partial charge in [0.1, 0.15) is 5.76 Å². The van der Waals surface area contributed by atoms with E-state index in [9.17, 15) is 4.79 Å². The fourth-order valence-electron chi connectivity index (χ4n) is 2.69. The Labute approximate surface area is 151 Å². The molecule has 0 bridgehead atoms. The van der Waals surface area contributed by atoms with Gasteiger partial charge in [0.2, 0.25) is 5.91 Å². The van der Waals surface area contributed by atoms with Gasteiger partial charge >= 0.3 is 0 Å². The molecule has 5 nitrogen and oxygen atoms in total. The Bertz CT molecular complexity index is 932. The van der Waals surface area contributed by atoms with Crippen LogP contribution in [-0.2, 0) is 15.6 Å². The molecule has 0 saturated carbocycles. The first-order valence-corrected chi connectivity index (χ1v) is 8.52. The molecule has 2 heterocycles. The van der Waals surface area contributed by atoms with Gasteiger partial charge in [0.25, 0.3) is 0 Å². The minimum Gasteiger partial charge on any atom is -0.361 e. The van der Waals surface area contributed by atoms with Gasteiger partial charge in [-0.15, -0.1) is 0 Å². The molecular formula is C19H22ClN3O2. The maximum atomic E-state index is 12.9. The van der Waals surface area contributed by atoms with Gasteiger partial charge in [-0.25, -0.2) is 0 Å². The quantitative estimate of drug-likeness (QED) is 0.689. The number of amides is 1. The summed E-state index contributed by atoms with van der Waals surface area (Å²) in [5.41, 5.74) is 0.877. The minimum absolute atomic E-state index is 0.165. The predicted molar refractivity (Wildman–Crippen MR) is 100 cm³/mol. The van der Waals surface area contributed by atoms with Crippen LogP contribution in [0.1, 0.15) is 45.9 Å². The number of carbonyl (C=O) groups is 1. The first-order valence-electron chi connectivity index (χ1n) is 8.15. The summed E-state index contributed by atoms with van der Waals surface area (Å²) < 4.78 is 5.33. The number of halogens is 1. The first-order chi connectivity index (χ1) is 11.6. The van der Waals surface area contributed by atoms with Crippen molar-refractivity contribution in [3.05, 3.63) is 46.8 Å². The molecule has 1 aromatic carbocycles. The van der Waals surface area contributed by atoms with Gasteiger partial charge in [0, 0.05) is 33.6 Å². The molecule has 1 amide bonds. The molecule has 0 aliphatic carbocycles. The summed E-state index contributed by atoms with van der Waals surface area (Å²) in [7, 11) is 0. The van der Waals surface area contributed by atoms with Crippen LogP contribution >= 0.6 is 11.6 Å². The third kappa shape index (κ3) is 3.29. The molecule has 0 fully saturated rings. The summed E-state index contributed by atoms with van der Waals surface area (Å²) >= 11 is 6.12. The molecule has 2 aromatic heterocycles. The molecule has 0 aliphatic heterocycles. The Balaban J connectivity index is 1.89. The SMILES string of the molecule is CC(C)(C)c1cc(NC(=O)C(C)(C)c2c[nH]c3ccc(Cl)cc23)no1. The molecule has 3 rings (SSSR count). The van der Waals surface area contributed by atoms with Crippen LogP contribution in [0.15, 0.2) is 35.0 Å². The van der Waals surface area contributed by atoms with E-state index >= 15 is 0 Å². The lowest BCUT2D eigenvalue weighted by Crippen LogP contribution is -2.34. The number of carbonyl (C=O) groups excluding carboxylic acids is 1. The monoisotopic (exact) mass is 359 g/mol.